The number of benzene rings is 1. The Kier molecular flexibility index (Phi) is 12.4. The first-order valence-electron chi connectivity index (χ1n) is 13.8. The number of hydrogen-bond acceptors (Lipinski definition) is 4. The molecule has 0 bridgehead atoms. The molecule has 5 heteroatoms. The van der Waals surface area contributed by atoms with Crippen LogP contribution in [0.1, 0.15) is 101 Å². The smallest absolute Gasteiger partial charge is 0.250 e. The molecular weight excluding hydrogens is 464 g/mol. The summed E-state index contributed by atoms with van der Waals surface area (Å²) in [6.07, 6.45) is 11.7. The van der Waals surface area contributed by atoms with Crippen molar-refractivity contribution < 1.29 is 18.7 Å². The summed E-state index contributed by atoms with van der Waals surface area (Å²) in [4.78, 5) is 13.1. The van der Waals surface area contributed by atoms with Crippen LogP contribution >= 0.6 is 0 Å². The van der Waals surface area contributed by atoms with Gasteiger partial charge in [0.25, 0.3) is 0 Å². The first-order valence-corrected chi connectivity index (χ1v) is 16.7. The molecule has 0 aromatic heterocycles. The summed E-state index contributed by atoms with van der Waals surface area (Å²) in [5, 5.41) is 0.0661. The molecule has 0 amide bonds. The quantitative estimate of drug-likeness (QED) is 0.0666. The van der Waals surface area contributed by atoms with Crippen molar-refractivity contribution in [3.8, 4) is 17.6 Å². The molecule has 36 heavy (non-hydrogen) atoms. The van der Waals surface area contributed by atoms with Gasteiger partial charge in [0, 0.05) is 24.2 Å². The highest BCUT2D eigenvalue weighted by Gasteiger charge is 2.39. The fourth-order valence-electron chi connectivity index (χ4n) is 4.04. The number of unbranched alkanes of at least 4 members (excludes halogenated alkanes) is 2. The van der Waals surface area contributed by atoms with Crippen LogP contribution in [0.4, 0.5) is 0 Å². The first kappa shape index (κ1) is 30.4. The van der Waals surface area contributed by atoms with Gasteiger partial charge in [-0.2, -0.15) is 0 Å². The molecule has 1 unspecified atom stereocenters. The van der Waals surface area contributed by atoms with Crippen LogP contribution in [0.5, 0.6) is 5.75 Å². The second kappa shape index (κ2) is 14.8. The van der Waals surface area contributed by atoms with Gasteiger partial charge in [-0.25, -0.2) is 0 Å². The van der Waals surface area contributed by atoms with Gasteiger partial charge < -0.3 is 13.9 Å². The first-order chi connectivity index (χ1) is 17.1. The lowest BCUT2D eigenvalue weighted by Gasteiger charge is -2.37. The predicted octanol–water partition coefficient (Wildman–Crippen LogP) is 8.26. The Balaban J connectivity index is 2.09. The van der Waals surface area contributed by atoms with E-state index in [1.54, 1.807) is 0 Å². The number of carbonyl (C=O) groups excluding carboxylic acids is 1. The van der Waals surface area contributed by atoms with E-state index < -0.39 is 8.32 Å². The van der Waals surface area contributed by atoms with Crippen molar-refractivity contribution in [2.75, 3.05) is 6.61 Å². The highest BCUT2D eigenvalue weighted by molar-refractivity contribution is 6.74. The van der Waals surface area contributed by atoms with Gasteiger partial charge in [-0.1, -0.05) is 65.0 Å². The van der Waals surface area contributed by atoms with E-state index in [0.29, 0.717) is 18.4 Å². The molecule has 0 spiro atoms. The average Bonchev–Trinajstić information content (AvgIpc) is 2.82. The van der Waals surface area contributed by atoms with Gasteiger partial charge in [-0.3, -0.25) is 4.79 Å². The maximum absolute atomic E-state index is 13.1. The van der Waals surface area contributed by atoms with E-state index in [9.17, 15) is 4.79 Å². The zero-order valence-corrected chi connectivity index (χ0v) is 24.6. The third kappa shape index (κ3) is 9.54. The van der Waals surface area contributed by atoms with E-state index in [1.165, 1.54) is 12.8 Å². The molecule has 200 valence electrons. The van der Waals surface area contributed by atoms with Gasteiger partial charge in [0.1, 0.15) is 5.75 Å². The van der Waals surface area contributed by atoms with E-state index in [-0.39, 0.29) is 23.2 Å². The van der Waals surface area contributed by atoms with Crippen molar-refractivity contribution in [3.05, 3.63) is 42.0 Å². The second-order valence-corrected chi connectivity index (χ2v) is 16.1. The lowest BCUT2D eigenvalue weighted by atomic mass is 9.99. The molecule has 0 saturated carbocycles. The number of Topliss-reactive ketones (excluding diaryl/α,β-unsaturated/α-hetero) is 1. The average molecular weight is 513 g/mol. The molecule has 0 aliphatic carbocycles. The van der Waals surface area contributed by atoms with Crippen LogP contribution in [0, 0.1) is 11.8 Å². The Hall–Kier alpha value is -1.87. The predicted molar refractivity (Wildman–Crippen MR) is 152 cm³/mol. The van der Waals surface area contributed by atoms with Crippen LogP contribution in [0.3, 0.4) is 0 Å². The minimum absolute atomic E-state index is 0.0661. The summed E-state index contributed by atoms with van der Waals surface area (Å²) < 4.78 is 18.6. The minimum Gasteiger partial charge on any atom is -0.543 e. The Labute approximate surface area is 221 Å². The number of rotatable bonds is 13. The van der Waals surface area contributed by atoms with Crippen molar-refractivity contribution in [1.29, 1.82) is 0 Å². The largest absolute Gasteiger partial charge is 0.543 e. The SMILES string of the molecule is C=CCc1c(O[Si](C)(C)C(C)(C)C)cccc1C(=O)C#CCC[C@@H](CCCCC)OC1CCCCO1. The van der Waals surface area contributed by atoms with Gasteiger partial charge in [0.15, 0.2) is 6.29 Å². The zero-order valence-electron chi connectivity index (χ0n) is 23.6. The van der Waals surface area contributed by atoms with Gasteiger partial charge in [-0.05, 0) is 74.7 Å². The maximum atomic E-state index is 13.1. The highest BCUT2D eigenvalue weighted by atomic mass is 28.4. The van der Waals surface area contributed by atoms with Crippen LogP contribution in [0.2, 0.25) is 18.1 Å². The maximum Gasteiger partial charge on any atom is 0.250 e. The summed E-state index contributed by atoms with van der Waals surface area (Å²) in [6.45, 7) is 18.0. The van der Waals surface area contributed by atoms with E-state index in [0.717, 1.165) is 56.4 Å². The second-order valence-electron chi connectivity index (χ2n) is 11.4. The van der Waals surface area contributed by atoms with Crippen LogP contribution in [-0.2, 0) is 15.9 Å². The fraction of sp³-hybridized carbons (Fsp3) is 0.645. The monoisotopic (exact) mass is 512 g/mol. The molecule has 1 heterocycles. The topological polar surface area (TPSA) is 44.8 Å². The van der Waals surface area contributed by atoms with Crippen molar-refractivity contribution >= 4 is 14.1 Å². The van der Waals surface area contributed by atoms with E-state index >= 15 is 0 Å². The highest BCUT2D eigenvalue weighted by Crippen LogP contribution is 2.39. The standard InChI is InChI=1S/C31H48O4Si/c1-8-10-11-18-25(34-30-23-14-15-24-33-30)19-12-13-21-28(32)26-20-16-22-29(27(26)17-9-2)35-36(6,7)31(3,4)5/h9,16,20,22,25,30H,2,8,10-12,14-15,17-19,23-24H2,1,3-7H3/t25-,30?/m1/s1. The van der Waals surface area contributed by atoms with Gasteiger partial charge in [-0.15, -0.1) is 6.58 Å². The summed E-state index contributed by atoms with van der Waals surface area (Å²) in [5.74, 6) is 6.64. The molecular formula is C31H48O4Si. The minimum atomic E-state index is -2.05. The third-order valence-electron chi connectivity index (χ3n) is 7.30. The lowest BCUT2D eigenvalue weighted by Crippen LogP contribution is -2.44. The Morgan fingerprint density at radius 3 is 2.67 bits per heavy atom. The number of hydrogen-bond donors (Lipinski definition) is 0. The van der Waals surface area contributed by atoms with Gasteiger partial charge in [0.2, 0.25) is 14.1 Å². The van der Waals surface area contributed by atoms with Crippen molar-refractivity contribution in [3.63, 3.8) is 0 Å². The molecule has 1 aromatic rings. The summed E-state index contributed by atoms with van der Waals surface area (Å²) >= 11 is 0. The Morgan fingerprint density at radius 1 is 1.25 bits per heavy atom. The molecule has 1 fully saturated rings. The molecule has 0 radical (unpaired) electrons. The summed E-state index contributed by atoms with van der Waals surface area (Å²) in [5.41, 5.74) is 1.50. The molecule has 1 saturated heterocycles. The van der Waals surface area contributed by atoms with Crippen LogP contribution in [0.25, 0.3) is 0 Å². The molecule has 1 aliphatic heterocycles. The van der Waals surface area contributed by atoms with E-state index in [4.69, 9.17) is 13.9 Å². The van der Waals surface area contributed by atoms with Crippen molar-refractivity contribution in [2.24, 2.45) is 0 Å². The van der Waals surface area contributed by atoms with Gasteiger partial charge in [0.05, 0.1) is 6.10 Å². The van der Waals surface area contributed by atoms with Gasteiger partial charge >= 0.3 is 0 Å². The Morgan fingerprint density at radius 2 is 2.03 bits per heavy atom. The van der Waals surface area contributed by atoms with Crippen molar-refractivity contribution in [2.45, 2.75) is 122 Å². The lowest BCUT2D eigenvalue weighted by molar-refractivity contribution is -0.190. The summed E-state index contributed by atoms with van der Waals surface area (Å²) in [6, 6.07) is 5.71. The molecule has 1 aromatic carbocycles. The van der Waals surface area contributed by atoms with Crippen molar-refractivity contribution in [1.82, 2.24) is 0 Å². The normalized spacial score (nSPS) is 17.1. The van der Waals surface area contributed by atoms with Crippen LogP contribution < -0.4 is 4.43 Å². The number of allylic oxidation sites excluding steroid dienone is 1. The van der Waals surface area contributed by atoms with E-state index in [2.05, 4.69) is 59.2 Å². The zero-order chi connectivity index (χ0) is 26.6. The molecule has 4 nitrogen and oxygen atoms in total. The van der Waals surface area contributed by atoms with E-state index in [1.807, 2.05) is 24.3 Å². The van der Waals surface area contributed by atoms with Crippen LogP contribution in [-0.4, -0.2) is 33.1 Å². The number of carbonyl (C=O) groups is 1. The third-order valence-corrected chi connectivity index (χ3v) is 11.6. The molecule has 2 atom stereocenters. The molecule has 0 N–H and O–H groups in total. The fourth-order valence-corrected chi connectivity index (χ4v) is 5.08. The van der Waals surface area contributed by atoms with Crippen LogP contribution in [0.15, 0.2) is 30.9 Å². The molecule has 1 aliphatic rings. The summed E-state index contributed by atoms with van der Waals surface area (Å²) in [7, 11) is -2.05. The number of ketones is 1. The Bertz CT molecular complexity index is 897. The number of ether oxygens (including phenoxy) is 2. The molecule has 2 rings (SSSR count).